The van der Waals surface area contributed by atoms with Gasteiger partial charge in [0.1, 0.15) is 0 Å². The molecule has 2 N–H and O–H groups in total. The van der Waals surface area contributed by atoms with Crippen LogP contribution in [0.3, 0.4) is 0 Å². The largest absolute Gasteiger partial charge is 0.355 e. The topological polar surface area (TPSA) is 78.5 Å². The summed E-state index contributed by atoms with van der Waals surface area (Å²) in [4.78, 5) is 11.0. The van der Waals surface area contributed by atoms with Crippen molar-refractivity contribution < 1.29 is 13.2 Å². The molecule has 0 aromatic rings. The van der Waals surface area contributed by atoms with Gasteiger partial charge in [0.15, 0.2) is 0 Å². The Hall–Kier alpha value is -0.660. The number of carbonyl (C=O) groups is 1. The number of nitrogens with zero attached hydrogens (tertiary/aromatic N) is 1. The number of carbonyl (C=O) groups excluding carboxylic acids is 1. The first-order chi connectivity index (χ1) is 6.06. The lowest BCUT2D eigenvalue weighted by molar-refractivity contribution is -0.120. The van der Waals surface area contributed by atoms with Crippen LogP contribution in [0, 0.1) is 0 Å². The summed E-state index contributed by atoms with van der Waals surface area (Å²) in [5.41, 5.74) is 0. The highest BCUT2D eigenvalue weighted by Gasteiger charge is 2.24. The first kappa shape index (κ1) is 10.4. The maximum absolute atomic E-state index is 11.3. The van der Waals surface area contributed by atoms with E-state index in [0.717, 1.165) is 4.31 Å². The highest BCUT2D eigenvalue weighted by molar-refractivity contribution is 7.87. The van der Waals surface area contributed by atoms with E-state index in [9.17, 15) is 13.2 Å². The molecule has 0 aromatic carbocycles. The van der Waals surface area contributed by atoms with Gasteiger partial charge in [0, 0.05) is 20.1 Å². The van der Waals surface area contributed by atoms with E-state index in [1.165, 1.54) is 7.05 Å². The number of hydrogen-bond donors (Lipinski definition) is 2. The van der Waals surface area contributed by atoms with Gasteiger partial charge in [0.05, 0.1) is 6.54 Å². The monoisotopic (exact) mass is 207 g/mol. The standard InChI is InChI=1S/C6H13N3O3S/c1-7-13(11,12)9-4-2-3-8-6(10)5-9/h7H,2-5H2,1H3,(H,8,10). The van der Waals surface area contributed by atoms with Crippen LogP contribution in [0.15, 0.2) is 0 Å². The second kappa shape index (κ2) is 4.03. The smallest absolute Gasteiger partial charge is 0.279 e. The zero-order chi connectivity index (χ0) is 9.90. The number of nitrogens with one attached hydrogen (secondary N) is 2. The summed E-state index contributed by atoms with van der Waals surface area (Å²) in [6.45, 7) is 0.819. The normalized spacial score (nSPS) is 20.8. The average Bonchev–Trinajstić information content (AvgIpc) is 2.30. The Kier molecular flexibility index (Phi) is 3.23. The van der Waals surface area contributed by atoms with Crippen LogP contribution in [0.1, 0.15) is 6.42 Å². The molecule has 0 aromatic heterocycles. The molecule has 0 saturated carbocycles. The van der Waals surface area contributed by atoms with Gasteiger partial charge in [-0.15, -0.1) is 0 Å². The van der Waals surface area contributed by atoms with E-state index >= 15 is 0 Å². The van der Waals surface area contributed by atoms with Crippen LogP contribution in [0.4, 0.5) is 0 Å². The Bertz CT molecular complexity index is 287. The first-order valence-electron chi connectivity index (χ1n) is 4.01. The molecule has 7 heteroatoms. The maximum Gasteiger partial charge on any atom is 0.279 e. The van der Waals surface area contributed by atoms with Gasteiger partial charge < -0.3 is 5.32 Å². The van der Waals surface area contributed by atoms with Crippen molar-refractivity contribution in [1.29, 1.82) is 0 Å². The lowest BCUT2D eigenvalue weighted by Crippen LogP contribution is -2.42. The zero-order valence-corrected chi connectivity index (χ0v) is 8.23. The summed E-state index contributed by atoms with van der Waals surface area (Å²) < 4.78 is 25.9. The maximum atomic E-state index is 11.3. The molecular weight excluding hydrogens is 194 g/mol. The van der Waals surface area contributed by atoms with Crippen molar-refractivity contribution >= 4 is 16.1 Å². The summed E-state index contributed by atoms with van der Waals surface area (Å²) in [6, 6.07) is 0. The molecule has 76 valence electrons. The highest BCUT2D eigenvalue weighted by Crippen LogP contribution is 2.01. The van der Waals surface area contributed by atoms with Gasteiger partial charge in [-0.25, -0.2) is 4.72 Å². The highest BCUT2D eigenvalue weighted by atomic mass is 32.2. The van der Waals surface area contributed by atoms with E-state index in [0.29, 0.717) is 19.5 Å². The predicted octanol–water partition coefficient (Wildman–Crippen LogP) is -1.73. The minimum atomic E-state index is -3.46. The van der Waals surface area contributed by atoms with Crippen molar-refractivity contribution in [3.63, 3.8) is 0 Å². The van der Waals surface area contributed by atoms with Crippen LogP contribution in [0.5, 0.6) is 0 Å². The molecule has 0 unspecified atom stereocenters. The second-order valence-corrected chi connectivity index (χ2v) is 4.62. The fraction of sp³-hybridized carbons (Fsp3) is 0.833. The molecule has 0 spiro atoms. The van der Waals surface area contributed by atoms with Gasteiger partial charge in [-0.05, 0) is 6.42 Å². The third-order valence-corrected chi connectivity index (χ3v) is 3.33. The first-order valence-corrected chi connectivity index (χ1v) is 5.45. The Morgan fingerprint density at radius 1 is 1.54 bits per heavy atom. The molecule has 1 saturated heterocycles. The summed E-state index contributed by atoms with van der Waals surface area (Å²) >= 11 is 0. The van der Waals surface area contributed by atoms with E-state index < -0.39 is 10.2 Å². The number of hydrogen-bond acceptors (Lipinski definition) is 3. The molecule has 1 fully saturated rings. The molecule has 1 heterocycles. The second-order valence-electron chi connectivity index (χ2n) is 2.75. The van der Waals surface area contributed by atoms with Crippen molar-refractivity contribution in [2.75, 3.05) is 26.7 Å². The van der Waals surface area contributed by atoms with Gasteiger partial charge in [0.25, 0.3) is 10.2 Å². The average molecular weight is 207 g/mol. The predicted molar refractivity (Wildman–Crippen MR) is 47.2 cm³/mol. The van der Waals surface area contributed by atoms with E-state index in [1.54, 1.807) is 0 Å². The molecule has 1 aliphatic rings. The molecule has 13 heavy (non-hydrogen) atoms. The van der Waals surface area contributed by atoms with Crippen molar-refractivity contribution in [3.8, 4) is 0 Å². The van der Waals surface area contributed by atoms with Crippen LogP contribution in [0.25, 0.3) is 0 Å². The van der Waals surface area contributed by atoms with Crippen LogP contribution in [-0.2, 0) is 15.0 Å². The quantitative estimate of drug-likeness (QED) is 0.565. The fourth-order valence-electron chi connectivity index (χ4n) is 1.11. The Morgan fingerprint density at radius 2 is 2.23 bits per heavy atom. The zero-order valence-electron chi connectivity index (χ0n) is 7.41. The fourth-order valence-corrected chi connectivity index (χ4v) is 2.03. The summed E-state index contributed by atoms with van der Waals surface area (Å²) in [6.07, 6.45) is 0.645. The number of amides is 1. The Morgan fingerprint density at radius 3 is 2.85 bits per heavy atom. The molecule has 0 aliphatic carbocycles. The lowest BCUT2D eigenvalue weighted by Gasteiger charge is -2.17. The molecule has 0 atom stereocenters. The van der Waals surface area contributed by atoms with Gasteiger partial charge >= 0.3 is 0 Å². The molecule has 1 rings (SSSR count). The van der Waals surface area contributed by atoms with Gasteiger partial charge in [-0.2, -0.15) is 12.7 Å². The Labute approximate surface area is 77.5 Å². The lowest BCUT2D eigenvalue weighted by atomic mass is 10.4. The molecular formula is C6H13N3O3S. The number of rotatable bonds is 2. The third-order valence-electron chi connectivity index (χ3n) is 1.82. The molecule has 1 amide bonds. The van der Waals surface area contributed by atoms with E-state index in [2.05, 4.69) is 10.0 Å². The van der Waals surface area contributed by atoms with E-state index in [4.69, 9.17) is 0 Å². The van der Waals surface area contributed by atoms with Gasteiger partial charge in [0.2, 0.25) is 5.91 Å². The molecule has 6 nitrogen and oxygen atoms in total. The minimum absolute atomic E-state index is 0.0941. The molecule has 0 radical (unpaired) electrons. The van der Waals surface area contributed by atoms with Crippen LogP contribution in [-0.4, -0.2) is 45.3 Å². The van der Waals surface area contributed by atoms with E-state index in [1.807, 2.05) is 0 Å². The molecule has 0 bridgehead atoms. The summed E-state index contributed by atoms with van der Waals surface area (Å²) in [7, 11) is -2.12. The summed E-state index contributed by atoms with van der Waals surface area (Å²) in [5.74, 6) is -0.253. The minimum Gasteiger partial charge on any atom is -0.355 e. The van der Waals surface area contributed by atoms with Crippen molar-refractivity contribution in [3.05, 3.63) is 0 Å². The van der Waals surface area contributed by atoms with Crippen molar-refractivity contribution in [2.24, 2.45) is 0 Å². The Balaban J connectivity index is 2.73. The summed E-state index contributed by atoms with van der Waals surface area (Å²) in [5, 5.41) is 2.60. The van der Waals surface area contributed by atoms with Crippen LogP contribution < -0.4 is 10.0 Å². The van der Waals surface area contributed by atoms with Gasteiger partial charge in [-0.3, -0.25) is 4.79 Å². The van der Waals surface area contributed by atoms with Gasteiger partial charge in [-0.1, -0.05) is 0 Å². The SMILES string of the molecule is CNS(=O)(=O)N1CCCNC(=O)C1. The van der Waals surface area contributed by atoms with Crippen LogP contribution in [0.2, 0.25) is 0 Å². The van der Waals surface area contributed by atoms with E-state index in [-0.39, 0.29) is 12.5 Å². The van der Waals surface area contributed by atoms with Crippen molar-refractivity contribution in [2.45, 2.75) is 6.42 Å². The van der Waals surface area contributed by atoms with Crippen molar-refractivity contribution in [1.82, 2.24) is 14.3 Å². The van der Waals surface area contributed by atoms with Crippen LogP contribution >= 0.6 is 0 Å². The molecule has 1 aliphatic heterocycles. The third kappa shape index (κ3) is 2.64.